The van der Waals surface area contributed by atoms with Crippen molar-refractivity contribution in [1.29, 1.82) is 0 Å². The Labute approximate surface area is 112 Å². The van der Waals surface area contributed by atoms with E-state index >= 15 is 0 Å². The number of methoxy groups -OCH3 is 1. The van der Waals surface area contributed by atoms with Crippen molar-refractivity contribution in [3.8, 4) is 0 Å². The molecular formula is C13H19N3O3. The molecule has 0 radical (unpaired) electrons. The second-order valence-electron chi connectivity index (χ2n) is 4.62. The zero-order chi connectivity index (χ0) is 13.5. The Bertz CT molecular complexity index is 399. The number of amides is 1. The van der Waals surface area contributed by atoms with Crippen molar-refractivity contribution in [3.63, 3.8) is 0 Å². The van der Waals surface area contributed by atoms with E-state index in [9.17, 15) is 4.79 Å². The number of ether oxygens (including phenoxy) is 2. The Balaban J connectivity index is 1.94. The molecule has 1 aromatic heterocycles. The molecule has 1 amide bonds. The molecule has 1 atom stereocenters. The van der Waals surface area contributed by atoms with Crippen LogP contribution in [0.15, 0.2) is 18.6 Å². The summed E-state index contributed by atoms with van der Waals surface area (Å²) >= 11 is 0. The van der Waals surface area contributed by atoms with Gasteiger partial charge in [0.25, 0.3) is 0 Å². The van der Waals surface area contributed by atoms with Gasteiger partial charge in [0.2, 0.25) is 5.91 Å². The fourth-order valence-corrected chi connectivity index (χ4v) is 2.18. The summed E-state index contributed by atoms with van der Waals surface area (Å²) in [5, 5.41) is 0. The maximum atomic E-state index is 11.9. The van der Waals surface area contributed by atoms with Crippen LogP contribution in [-0.4, -0.2) is 60.8 Å². The molecule has 0 spiro atoms. The lowest BCUT2D eigenvalue weighted by Gasteiger charge is -2.23. The first-order valence-electron chi connectivity index (χ1n) is 6.39. The molecule has 0 saturated carbocycles. The normalized spacial score (nSPS) is 20.1. The van der Waals surface area contributed by atoms with Gasteiger partial charge in [0.15, 0.2) is 0 Å². The van der Waals surface area contributed by atoms with Gasteiger partial charge in [-0.1, -0.05) is 0 Å². The van der Waals surface area contributed by atoms with Gasteiger partial charge in [0.05, 0.1) is 13.2 Å². The van der Waals surface area contributed by atoms with Crippen LogP contribution in [0.5, 0.6) is 0 Å². The fourth-order valence-electron chi connectivity index (χ4n) is 2.18. The van der Waals surface area contributed by atoms with Crippen molar-refractivity contribution >= 4 is 5.91 Å². The van der Waals surface area contributed by atoms with E-state index in [1.54, 1.807) is 12.5 Å². The van der Waals surface area contributed by atoms with E-state index in [0.29, 0.717) is 26.3 Å². The molecule has 0 aromatic carbocycles. The number of rotatable bonds is 4. The third-order valence-electron chi connectivity index (χ3n) is 3.10. The highest BCUT2D eigenvalue weighted by Gasteiger charge is 2.22. The molecular weight excluding hydrogens is 246 g/mol. The molecule has 0 N–H and O–H groups in total. The van der Waals surface area contributed by atoms with Crippen LogP contribution in [0.25, 0.3) is 0 Å². The first kappa shape index (κ1) is 13.9. The zero-order valence-corrected chi connectivity index (χ0v) is 11.1. The lowest BCUT2D eigenvalue weighted by atomic mass is 10.0. The number of carbonyl (C=O) groups is 1. The second-order valence-corrected chi connectivity index (χ2v) is 4.62. The summed E-state index contributed by atoms with van der Waals surface area (Å²) in [5.74, 6) is 0.277. The summed E-state index contributed by atoms with van der Waals surface area (Å²) in [6.07, 6.45) is 4.06. The predicted molar refractivity (Wildman–Crippen MR) is 68.5 cm³/mol. The van der Waals surface area contributed by atoms with E-state index in [1.165, 1.54) is 7.11 Å². The first-order chi connectivity index (χ1) is 9.29. The summed E-state index contributed by atoms with van der Waals surface area (Å²) in [5.41, 5.74) is 0.977. The van der Waals surface area contributed by atoms with Gasteiger partial charge in [0, 0.05) is 38.0 Å². The SMILES string of the molecule is COCC(=O)N1CCOCC(Cc2ccncn2)C1. The Morgan fingerprint density at radius 2 is 2.53 bits per heavy atom. The Kier molecular flexibility index (Phi) is 5.23. The van der Waals surface area contributed by atoms with E-state index in [2.05, 4.69) is 9.97 Å². The molecule has 1 unspecified atom stereocenters. The maximum absolute atomic E-state index is 11.9. The molecule has 1 saturated heterocycles. The van der Waals surface area contributed by atoms with Crippen LogP contribution < -0.4 is 0 Å². The lowest BCUT2D eigenvalue weighted by molar-refractivity contribution is -0.135. The topological polar surface area (TPSA) is 64.5 Å². The van der Waals surface area contributed by atoms with Gasteiger partial charge in [-0.3, -0.25) is 4.79 Å². The highest BCUT2D eigenvalue weighted by molar-refractivity contribution is 5.77. The van der Waals surface area contributed by atoms with Crippen molar-refractivity contribution in [2.45, 2.75) is 6.42 Å². The predicted octanol–water partition coefficient (Wildman–Crippen LogP) is 0.140. The number of hydrogen-bond donors (Lipinski definition) is 0. The van der Waals surface area contributed by atoms with Crippen LogP contribution in [0.1, 0.15) is 5.69 Å². The number of hydrogen-bond acceptors (Lipinski definition) is 5. The van der Waals surface area contributed by atoms with Crippen molar-refractivity contribution in [1.82, 2.24) is 14.9 Å². The zero-order valence-electron chi connectivity index (χ0n) is 11.1. The quantitative estimate of drug-likeness (QED) is 0.775. The summed E-state index contributed by atoms with van der Waals surface area (Å²) in [6, 6.07) is 1.90. The highest BCUT2D eigenvalue weighted by Crippen LogP contribution is 2.12. The van der Waals surface area contributed by atoms with Crippen molar-refractivity contribution in [3.05, 3.63) is 24.3 Å². The van der Waals surface area contributed by atoms with Crippen LogP contribution in [0.3, 0.4) is 0 Å². The smallest absolute Gasteiger partial charge is 0.248 e. The fraction of sp³-hybridized carbons (Fsp3) is 0.615. The minimum absolute atomic E-state index is 0.0145. The minimum Gasteiger partial charge on any atom is -0.379 e. The summed E-state index contributed by atoms with van der Waals surface area (Å²) in [4.78, 5) is 21.8. The molecule has 6 nitrogen and oxygen atoms in total. The molecule has 1 fully saturated rings. The molecule has 2 rings (SSSR count). The molecule has 0 aliphatic carbocycles. The third-order valence-corrected chi connectivity index (χ3v) is 3.10. The Morgan fingerprint density at radius 1 is 1.63 bits per heavy atom. The van der Waals surface area contributed by atoms with Gasteiger partial charge in [-0.05, 0) is 12.5 Å². The van der Waals surface area contributed by atoms with Gasteiger partial charge in [-0.25, -0.2) is 9.97 Å². The van der Waals surface area contributed by atoms with E-state index in [1.807, 2.05) is 11.0 Å². The average Bonchev–Trinajstić information content (AvgIpc) is 2.66. The molecule has 0 bridgehead atoms. The molecule has 1 aromatic rings. The van der Waals surface area contributed by atoms with Gasteiger partial charge in [-0.15, -0.1) is 0 Å². The monoisotopic (exact) mass is 265 g/mol. The largest absolute Gasteiger partial charge is 0.379 e. The third kappa shape index (κ3) is 4.25. The van der Waals surface area contributed by atoms with Crippen LogP contribution >= 0.6 is 0 Å². The summed E-state index contributed by atoms with van der Waals surface area (Å²) in [7, 11) is 1.53. The average molecular weight is 265 g/mol. The van der Waals surface area contributed by atoms with Gasteiger partial charge < -0.3 is 14.4 Å². The minimum atomic E-state index is 0.0145. The highest BCUT2D eigenvalue weighted by atomic mass is 16.5. The Morgan fingerprint density at radius 3 is 3.26 bits per heavy atom. The van der Waals surface area contributed by atoms with Gasteiger partial charge >= 0.3 is 0 Å². The molecule has 104 valence electrons. The molecule has 19 heavy (non-hydrogen) atoms. The second kappa shape index (κ2) is 7.16. The lowest BCUT2D eigenvalue weighted by Crippen LogP contribution is -2.38. The first-order valence-corrected chi connectivity index (χ1v) is 6.39. The van der Waals surface area contributed by atoms with Crippen LogP contribution in [0.2, 0.25) is 0 Å². The van der Waals surface area contributed by atoms with Crippen LogP contribution in [-0.2, 0) is 20.7 Å². The van der Waals surface area contributed by atoms with Crippen LogP contribution in [0, 0.1) is 5.92 Å². The van der Waals surface area contributed by atoms with E-state index in [4.69, 9.17) is 9.47 Å². The van der Waals surface area contributed by atoms with Crippen LogP contribution in [0.4, 0.5) is 0 Å². The van der Waals surface area contributed by atoms with Crippen molar-refractivity contribution in [2.75, 3.05) is 40.0 Å². The van der Waals surface area contributed by atoms with E-state index < -0.39 is 0 Å². The molecule has 1 aliphatic heterocycles. The number of carbonyl (C=O) groups excluding carboxylic acids is 1. The van der Waals surface area contributed by atoms with Crippen molar-refractivity contribution in [2.24, 2.45) is 5.92 Å². The van der Waals surface area contributed by atoms with E-state index in [0.717, 1.165) is 12.1 Å². The molecule has 2 heterocycles. The Hall–Kier alpha value is -1.53. The van der Waals surface area contributed by atoms with Crippen molar-refractivity contribution < 1.29 is 14.3 Å². The van der Waals surface area contributed by atoms with Gasteiger partial charge in [-0.2, -0.15) is 0 Å². The summed E-state index contributed by atoms with van der Waals surface area (Å²) < 4.78 is 10.5. The maximum Gasteiger partial charge on any atom is 0.248 e. The number of aromatic nitrogens is 2. The molecule has 6 heteroatoms. The molecule has 1 aliphatic rings. The summed E-state index contributed by atoms with van der Waals surface area (Å²) in [6.45, 7) is 2.67. The standard InChI is InChI=1S/C13H19N3O3/c1-18-9-13(17)16-4-5-19-8-11(7-16)6-12-2-3-14-10-15-12/h2-3,10-11H,4-9H2,1H3. The van der Waals surface area contributed by atoms with Gasteiger partial charge in [0.1, 0.15) is 12.9 Å². The van der Waals surface area contributed by atoms with E-state index in [-0.39, 0.29) is 18.4 Å². The number of nitrogens with zero attached hydrogens (tertiary/aromatic N) is 3.